The van der Waals surface area contributed by atoms with Gasteiger partial charge in [0, 0.05) is 40.1 Å². The first-order valence-corrected chi connectivity index (χ1v) is 11.9. The van der Waals surface area contributed by atoms with Gasteiger partial charge in [0.15, 0.2) is 5.65 Å². The lowest BCUT2D eigenvalue weighted by Crippen LogP contribution is -2.19. The number of carbonyl (C=O) groups excluding carboxylic acids is 1. The fraction of sp³-hybridized carbons (Fsp3) is 0.0714. The molecule has 0 atom stereocenters. The van der Waals surface area contributed by atoms with Gasteiger partial charge in [0.2, 0.25) is 0 Å². The van der Waals surface area contributed by atoms with E-state index in [0.29, 0.717) is 28.5 Å². The fourth-order valence-electron chi connectivity index (χ4n) is 3.92. The number of anilines is 3. The van der Waals surface area contributed by atoms with E-state index in [9.17, 15) is 4.79 Å². The van der Waals surface area contributed by atoms with E-state index in [0.717, 1.165) is 33.8 Å². The summed E-state index contributed by atoms with van der Waals surface area (Å²) >= 11 is 6.44. The highest BCUT2D eigenvalue weighted by atomic mass is 35.5. The highest BCUT2D eigenvalue weighted by Crippen LogP contribution is 2.29. The lowest BCUT2D eigenvalue weighted by Gasteiger charge is -2.13. The molecule has 0 aliphatic carbocycles. The molecule has 0 saturated carbocycles. The van der Waals surface area contributed by atoms with Crippen molar-refractivity contribution in [1.82, 2.24) is 14.6 Å². The Labute approximate surface area is 218 Å². The van der Waals surface area contributed by atoms with Gasteiger partial charge in [0.25, 0.3) is 0 Å². The molecule has 2 aromatic heterocycles. The van der Waals surface area contributed by atoms with Crippen molar-refractivity contribution in [3.05, 3.63) is 107 Å². The summed E-state index contributed by atoms with van der Waals surface area (Å²) in [5, 5.41) is 23.2. The van der Waals surface area contributed by atoms with E-state index in [4.69, 9.17) is 21.8 Å². The maximum absolute atomic E-state index is 12.5. The first-order chi connectivity index (χ1) is 18.0. The van der Waals surface area contributed by atoms with Gasteiger partial charge in [-0.05, 0) is 48.9 Å². The Bertz CT molecular complexity index is 1650. The molecule has 0 saturated heterocycles. The van der Waals surface area contributed by atoms with Gasteiger partial charge in [-0.15, -0.1) is 0 Å². The van der Waals surface area contributed by atoms with Gasteiger partial charge < -0.3 is 16.0 Å². The SMILES string of the molecule is Cc1cnn2c(NCc3cccc(NC(=O)Nc4cccc(C#N)c4)c3)cc(-c3ccccc3Cl)nc12. The van der Waals surface area contributed by atoms with Crippen LogP contribution in [-0.2, 0) is 6.54 Å². The van der Waals surface area contributed by atoms with Crippen molar-refractivity contribution in [3.63, 3.8) is 0 Å². The summed E-state index contributed by atoms with van der Waals surface area (Å²) in [5.41, 5.74) is 5.89. The van der Waals surface area contributed by atoms with E-state index < -0.39 is 6.03 Å². The highest BCUT2D eigenvalue weighted by molar-refractivity contribution is 6.33. The average molecular weight is 508 g/mol. The first-order valence-electron chi connectivity index (χ1n) is 11.5. The third-order valence-electron chi connectivity index (χ3n) is 5.71. The Balaban J connectivity index is 1.33. The Kier molecular flexibility index (Phi) is 6.70. The molecule has 0 spiro atoms. The summed E-state index contributed by atoms with van der Waals surface area (Å²) in [6.45, 7) is 2.45. The molecule has 0 radical (unpaired) electrons. The van der Waals surface area contributed by atoms with Crippen molar-refractivity contribution in [3.8, 4) is 17.3 Å². The molecule has 182 valence electrons. The molecular formula is C28H22ClN7O. The van der Waals surface area contributed by atoms with E-state index in [1.165, 1.54) is 0 Å². The molecular weight excluding hydrogens is 486 g/mol. The second-order valence-electron chi connectivity index (χ2n) is 8.40. The van der Waals surface area contributed by atoms with Crippen LogP contribution in [0.4, 0.5) is 22.0 Å². The zero-order valence-electron chi connectivity index (χ0n) is 19.9. The van der Waals surface area contributed by atoms with Gasteiger partial charge in [-0.1, -0.05) is 48.0 Å². The first kappa shape index (κ1) is 23.9. The number of urea groups is 1. The van der Waals surface area contributed by atoms with Crippen LogP contribution in [0.2, 0.25) is 5.02 Å². The predicted octanol–water partition coefficient (Wildman–Crippen LogP) is 6.49. The summed E-state index contributed by atoms with van der Waals surface area (Å²) in [6.07, 6.45) is 1.78. The monoisotopic (exact) mass is 507 g/mol. The van der Waals surface area contributed by atoms with E-state index in [1.807, 2.05) is 61.5 Å². The third kappa shape index (κ3) is 5.37. The number of aromatic nitrogens is 3. The second-order valence-corrected chi connectivity index (χ2v) is 8.80. The maximum atomic E-state index is 12.5. The summed E-state index contributed by atoms with van der Waals surface area (Å²) in [6, 6.07) is 25.5. The highest BCUT2D eigenvalue weighted by Gasteiger charge is 2.13. The number of rotatable bonds is 6. The number of benzene rings is 3. The lowest BCUT2D eigenvalue weighted by atomic mass is 10.1. The molecule has 37 heavy (non-hydrogen) atoms. The molecule has 3 N–H and O–H groups in total. The molecule has 2 heterocycles. The minimum atomic E-state index is -0.396. The Hall–Kier alpha value is -4.87. The standard InChI is InChI=1S/C28H22ClN7O/c1-18-16-32-36-26(14-25(35-27(18)36)23-10-2-3-11-24(23)29)31-17-20-7-5-9-22(13-20)34-28(37)33-21-8-4-6-19(12-21)15-30/h2-14,16,31H,17H2,1H3,(H2,33,34,37). The Morgan fingerprint density at radius 2 is 1.76 bits per heavy atom. The Morgan fingerprint density at radius 1 is 1.00 bits per heavy atom. The van der Waals surface area contributed by atoms with Crippen molar-refractivity contribution >= 4 is 40.5 Å². The van der Waals surface area contributed by atoms with Crippen molar-refractivity contribution in [2.75, 3.05) is 16.0 Å². The van der Waals surface area contributed by atoms with Gasteiger partial charge in [0.1, 0.15) is 5.82 Å². The average Bonchev–Trinajstić information content (AvgIpc) is 3.28. The number of aryl methyl sites for hydroxylation is 1. The number of nitriles is 1. The summed E-state index contributed by atoms with van der Waals surface area (Å²) in [5.74, 6) is 0.765. The quantitative estimate of drug-likeness (QED) is 0.243. The maximum Gasteiger partial charge on any atom is 0.323 e. The van der Waals surface area contributed by atoms with Crippen LogP contribution in [0.1, 0.15) is 16.7 Å². The topological polar surface area (TPSA) is 107 Å². The number of carbonyl (C=O) groups is 1. The van der Waals surface area contributed by atoms with Crippen molar-refractivity contribution < 1.29 is 4.79 Å². The van der Waals surface area contributed by atoms with Crippen molar-refractivity contribution in [1.29, 1.82) is 5.26 Å². The van der Waals surface area contributed by atoms with Crippen LogP contribution in [0.3, 0.4) is 0 Å². The molecule has 5 aromatic rings. The molecule has 0 aliphatic rings. The normalized spacial score (nSPS) is 10.6. The number of halogens is 1. The third-order valence-corrected chi connectivity index (χ3v) is 6.04. The molecule has 3 aromatic carbocycles. The van der Waals surface area contributed by atoms with Gasteiger partial charge in [-0.25, -0.2) is 9.78 Å². The van der Waals surface area contributed by atoms with Crippen molar-refractivity contribution in [2.24, 2.45) is 0 Å². The van der Waals surface area contributed by atoms with Crippen LogP contribution in [0.5, 0.6) is 0 Å². The molecule has 8 nitrogen and oxygen atoms in total. The van der Waals surface area contributed by atoms with E-state index in [-0.39, 0.29) is 0 Å². The van der Waals surface area contributed by atoms with E-state index in [2.05, 4.69) is 27.1 Å². The van der Waals surface area contributed by atoms with Crippen LogP contribution in [0.25, 0.3) is 16.9 Å². The molecule has 9 heteroatoms. The molecule has 2 amide bonds. The van der Waals surface area contributed by atoms with Crippen LogP contribution in [0.15, 0.2) is 85.1 Å². The summed E-state index contributed by atoms with van der Waals surface area (Å²) in [4.78, 5) is 17.2. The number of nitrogens with zero attached hydrogens (tertiary/aromatic N) is 4. The lowest BCUT2D eigenvalue weighted by molar-refractivity contribution is 0.262. The summed E-state index contributed by atoms with van der Waals surface area (Å²) in [7, 11) is 0. The number of amides is 2. The molecule has 0 unspecified atom stereocenters. The van der Waals surface area contributed by atoms with Gasteiger partial charge >= 0.3 is 6.03 Å². The largest absolute Gasteiger partial charge is 0.366 e. The minimum Gasteiger partial charge on any atom is -0.366 e. The number of fused-ring (bicyclic) bond motifs is 1. The van der Waals surface area contributed by atoms with Gasteiger partial charge in [-0.3, -0.25) is 0 Å². The minimum absolute atomic E-state index is 0.396. The smallest absolute Gasteiger partial charge is 0.323 e. The van der Waals surface area contributed by atoms with Crippen molar-refractivity contribution in [2.45, 2.75) is 13.5 Å². The van der Waals surface area contributed by atoms with Crippen LogP contribution >= 0.6 is 11.6 Å². The zero-order chi connectivity index (χ0) is 25.8. The van der Waals surface area contributed by atoms with Gasteiger partial charge in [0.05, 0.1) is 23.5 Å². The number of hydrogen-bond donors (Lipinski definition) is 3. The number of hydrogen-bond acceptors (Lipinski definition) is 5. The van der Waals surface area contributed by atoms with Gasteiger partial charge in [-0.2, -0.15) is 14.9 Å². The zero-order valence-corrected chi connectivity index (χ0v) is 20.6. The van der Waals surface area contributed by atoms with E-state index in [1.54, 1.807) is 35.0 Å². The number of nitrogens with one attached hydrogen (secondary N) is 3. The predicted molar refractivity (Wildman–Crippen MR) is 146 cm³/mol. The van der Waals surface area contributed by atoms with Crippen LogP contribution < -0.4 is 16.0 Å². The fourth-order valence-corrected chi connectivity index (χ4v) is 4.15. The molecule has 0 aliphatic heterocycles. The van der Waals surface area contributed by atoms with Crippen LogP contribution in [0, 0.1) is 18.3 Å². The molecule has 0 bridgehead atoms. The summed E-state index contributed by atoms with van der Waals surface area (Å²) < 4.78 is 1.76. The van der Waals surface area contributed by atoms with Crippen LogP contribution in [-0.4, -0.2) is 20.6 Å². The second kappa shape index (κ2) is 10.4. The Morgan fingerprint density at radius 3 is 2.54 bits per heavy atom. The van der Waals surface area contributed by atoms with E-state index >= 15 is 0 Å². The molecule has 5 rings (SSSR count). The molecule has 0 fully saturated rings.